The van der Waals surface area contributed by atoms with Gasteiger partial charge in [0.15, 0.2) is 0 Å². The molecule has 2 aromatic carbocycles. The predicted octanol–water partition coefficient (Wildman–Crippen LogP) is 6.15. The third-order valence-corrected chi connectivity index (χ3v) is 10.1. The molecule has 1 saturated carbocycles. The maximum atomic E-state index is 14.3. The van der Waals surface area contributed by atoms with E-state index in [0.29, 0.717) is 12.5 Å². The number of carboxylic acids is 1. The van der Waals surface area contributed by atoms with Crippen LogP contribution in [0.3, 0.4) is 0 Å². The van der Waals surface area contributed by atoms with Crippen LogP contribution in [0.1, 0.15) is 74.8 Å². The number of hydrogen-bond donors (Lipinski definition) is 1. The lowest BCUT2D eigenvalue weighted by atomic mass is 9.83. The molecule has 7 nitrogen and oxygen atoms in total. The van der Waals surface area contributed by atoms with Crippen molar-refractivity contribution in [2.75, 3.05) is 32.7 Å². The molecule has 1 N–H and O–H groups in total. The Morgan fingerprint density at radius 3 is 2.59 bits per heavy atom. The molecule has 41 heavy (non-hydrogen) atoms. The quantitative estimate of drug-likeness (QED) is 0.318. The van der Waals surface area contributed by atoms with Crippen molar-refractivity contribution >= 4 is 17.0 Å². The lowest BCUT2D eigenvalue weighted by molar-refractivity contribution is -0.145. The number of aliphatic carboxylic acids is 1. The Morgan fingerprint density at radius 2 is 1.80 bits per heavy atom. The van der Waals surface area contributed by atoms with Crippen molar-refractivity contribution in [3.8, 4) is 0 Å². The number of carbonyl (C=O) groups is 1. The van der Waals surface area contributed by atoms with Crippen LogP contribution in [0.25, 0.3) is 11.0 Å². The first-order valence-electron chi connectivity index (χ1n) is 15.7. The van der Waals surface area contributed by atoms with E-state index in [2.05, 4.69) is 32.2 Å². The number of hydrogen-bond acceptors (Lipinski definition) is 6. The van der Waals surface area contributed by atoms with E-state index in [0.717, 1.165) is 80.8 Å². The molecular weight excluding hydrogens is 519 g/mol. The Labute approximate surface area is 242 Å². The second-order valence-electron chi connectivity index (χ2n) is 12.8. The largest absolute Gasteiger partial charge is 0.480 e. The molecule has 1 aromatic heterocycles. The maximum absolute atomic E-state index is 14.3. The van der Waals surface area contributed by atoms with Crippen molar-refractivity contribution in [1.29, 1.82) is 0 Å². The van der Waals surface area contributed by atoms with Gasteiger partial charge in [-0.1, -0.05) is 43.9 Å². The van der Waals surface area contributed by atoms with Gasteiger partial charge in [-0.25, -0.2) is 9.02 Å². The van der Waals surface area contributed by atoms with Gasteiger partial charge in [-0.3, -0.25) is 9.69 Å². The Morgan fingerprint density at radius 1 is 1.00 bits per heavy atom. The fourth-order valence-electron chi connectivity index (χ4n) is 7.90. The van der Waals surface area contributed by atoms with E-state index in [4.69, 9.17) is 4.63 Å². The van der Waals surface area contributed by atoms with E-state index in [1.54, 1.807) is 12.1 Å². The average molecular weight is 563 g/mol. The first kappa shape index (κ1) is 28.3. The summed E-state index contributed by atoms with van der Waals surface area (Å²) in [7, 11) is 0. The van der Waals surface area contributed by atoms with Crippen molar-refractivity contribution in [2.24, 2.45) is 17.8 Å². The van der Waals surface area contributed by atoms with Crippen LogP contribution in [0.5, 0.6) is 0 Å². The molecule has 6 rings (SSSR count). The summed E-state index contributed by atoms with van der Waals surface area (Å²) in [5, 5.41) is 18.1. The third kappa shape index (κ3) is 6.81. The van der Waals surface area contributed by atoms with Gasteiger partial charge in [-0.05, 0) is 115 Å². The number of nitrogens with zero attached hydrogens (tertiary/aromatic N) is 4. The number of halogens is 1. The Kier molecular flexibility index (Phi) is 8.96. The molecule has 0 bridgehead atoms. The summed E-state index contributed by atoms with van der Waals surface area (Å²) in [5.41, 5.74) is 3.93. The van der Waals surface area contributed by atoms with Crippen LogP contribution in [0.2, 0.25) is 0 Å². The molecule has 0 spiro atoms. The van der Waals surface area contributed by atoms with E-state index in [9.17, 15) is 14.3 Å². The lowest BCUT2D eigenvalue weighted by Crippen LogP contribution is -2.46. The fraction of sp³-hybridized carbons (Fsp3) is 0.606. The number of aryl methyl sites for hydroxylation is 1. The standard InChI is InChI=1S/C33H43FN4O3/c34-28-11-5-10-26(19-28)29-22-38(32(33(39)40)25-8-2-1-3-9-25)21-27(29)20-37-16-14-23(15-17-37)6-4-7-24-12-13-30-31(18-24)36-41-35-30/h5,10-13,18-19,23,25,27,29,32H,1-4,6-9,14-17,20-22H2,(H,39,40). The molecule has 3 fully saturated rings. The van der Waals surface area contributed by atoms with Crippen molar-refractivity contribution in [1.82, 2.24) is 20.1 Å². The van der Waals surface area contributed by atoms with E-state index in [1.807, 2.05) is 12.1 Å². The van der Waals surface area contributed by atoms with Gasteiger partial charge in [-0.2, -0.15) is 0 Å². The number of fused-ring (bicyclic) bond motifs is 1. The topological polar surface area (TPSA) is 82.7 Å². The van der Waals surface area contributed by atoms with Crippen LogP contribution in [-0.2, 0) is 11.2 Å². The molecule has 2 saturated heterocycles. The molecule has 3 aromatic rings. The van der Waals surface area contributed by atoms with Crippen molar-refractivity contribution in [3.63, 3.8) is 0 Å². The van der Waals surface area contributed by atoms with Crippen molar-refractivity contribution in [2.45, 2.75) is 76.2 Å². The summed E-state index contributed by atoms with van der Waals surface area (Å²) >= 11 is 0. The van der Waals surface area contributed by atoms with Crippen molar-refractivity contribution in [3.05, 3.63) is 59.4 Å². The summed E-state index contributed by atoms with van der Waals surface area (Å²) in [5.74, 6) is 0.531. The highest BCUT2D eigenvalue weighted by Crippen LogP contribution is 2.39. The summed E-state index contributed by atoms with van der Waals surface area (Å²) < 4.78 is 19.1. The molecule has 0 radical (unpaired) electrons. The van der Waals surface area contributed by atoms with Crippen LogP contribution in [0.4, 0.5) is 4.39 Å². The molecule has 8 heteroatoms. The zero-order valence-electron chi connectivity index (χ0n) is 24.0. The molecular formula is C33H43FN4O3. The molecule has 3 heterocycles. The van der Waals surface area contributed by atoms with Gasteiger partial charge >= 0.3 is 5.97 Å². The highest BCUT2D eigenvalue weighted by Gasteiger charge is 2.43. The monoisotopic (exact) mass is 562 g/mol. The first-order valence-corrected chi connectivity index (χ1v) is 15.7. The number of rotatable bonds is 10. The molecule has 220 valence electrons. The lowest BCUT2D eigenvalue weighted by Gasteiger charge is -2.35. The average Bonchev–Trinajstić information content (AvgIpc) is 3.61. The number of aromatic nitrogens is 2. The van der Waals surface area contributed by atoms with E-state index < -0.39 is 12.0 Å². The van der Waals surface area contributed by atoms with Crippen LogP contribution in [-0.4, -0.2) is 70.0 Å². The van der Waals surface area contributed by atoms with Crippen LogP contribution < -0.4 is 0 Å². The Hall–Kier alpha value is -2.84. The number of piperidine rings is 1. The normalized spacial score (nSPS) is 24.2. The summed E-state index contributed by atoms with van der Waals surface area (Å²) in [6.07, 6.45) is 11.3. The number of carboxylic acid groups (broad SMARTS) is 1. The second-order valence-corrected chi connectivity index (χ2v) is 12.8. The SMILES string of the molecule is O=C(O)C(C1CCCCC1)N1CC(CN2CCC(CCCc3ccc4nonc4c3)CC2)C(c2cccc(F)c2)C1. The molecule has 3 unspecified atom stereocenters. The molecule has 3 aliphatic rings. The summed E-state index contributed by atoms with van der Waals surface area (Å²) in [6.45, 7) is 4.60. The number of likely N-dealkylation sites (tertiary alicyclic amines) is 2. The minimum absolute atomic E-state index is 0.158. The van der Waals surface area contributed by atoms with Crippen LogP contribution in [0, 0.1) is 23.6 Å². The van der Waals surface area contributed by atoms with Crippen LogP contribution >= 0.6 is 0 Å². The van der Waals surface area contributed by atoms with Gasteiger partial charge in [0.25, 0.3) is 0 Å². The first-order chi connectivity index (χ1) is 20.0. The second kappa shape index (κ2) is 13.0. The summed E-state index contributed by atoms with van der Waals surface area (Å²) in [6, 6.07) is 12.8. The third-order valence-electron chi connectivity index (χ3n) is 10.1. The fourth-order valence-corrected chi connectivity index (χ4v) is 7.90. The van der Waals surface area contributed by atoms with Gasteiger partial charge < -0.3 is 10.0 Å². The zero-order valence-corrected chi connectivity index (χ0v) is 24.0. The van der Waals surface area contributed by atoms with Gasteiger partial charge in [-0.15, -0.1) is 0 Å². The smallest absolute Gasteiger partial charge is 0.321 e. The minimum Gasteiger partial charge on any atom is -0.480 e. The van der Waals surface area contributed by atoms with Crippen molar-refractivity contribution < 1.29 is 18.9 Å². The minimum atomic E-state index is -0.686. The predicted molar refractivity (Wildman–Crippen MR) is 156 cm³/mol. The molecule has 3 atom stereocenters. The molecule has 0 amide bonds. The van der Waals surface area contributed by atoms with Crippen LogP contribution in [0.15, 0.2) is 47.1 Å². The van der Waals surface area contributed by atoms with E-state index in [1.165, 1.54) is 43.7 Å². The Balaban J connectivity index is 1.05. The highest BCUT2D eigenvalue weighted by atomic mass is 19.1. The highest BCUT2D eigenvalue weighted by molar-refractivity contribution is 5.74. The van der Waals surface area contributed by atoms with E-state index >= 15 is 0 Å². The number of benzene rings is 2. The van der Waals surface area contributed by atoms with Gasteiger partial charge in [0.2, 0.25) is 0 Å². The zero-order chi connectivity index (χ0) is 28.2. The summed E-state index contributed by atoms with van der Waals surface area (Å²) in [4.78, 5) is 17.3. The molecule has 1 aliphatic carbocycles. The maximum Gasteiger partial charge on any atom is 0.321 e. The molecule has 2 aliphatic heterocycles. The van der Waals surface area contributed by atoms with Gasteiger partial charge in [0.05, 0.1) is 0 Å². The van der Waals surface area contributed by atoms with E-state index in [-0.39, 0.29) is 17.7 Å². The Bertz CT molecular complexity index is 1300. The van der Waals surface area contributed by atoms with Gasteiger partial charge in [0.1, 0.15) is 22.9 Å². The van der Waals surface area contributed by atoms with Gasteiger partial charge in [0, 0.05) is 25.6 Å².